The van der Waals surface area contributed by atoms with Gasteiger partial charge in [0.1, 0.15) is 5.52 Å². The van der Waals surface area contributed by atoms with E-state index >= 15 is 0 Å². The molecule has 1 aromatic heterocycles. The first-order chi connectivity index (χ1) is 12.3. The van der Waals surface area contributed by atoms with Gasteiger partial charge in [-0.3, -0.25) is 4.79 Å². The third kappa shape index (κ3) is 4.07. The van der Waals surface area contributed by atoms with Gasteiger partial charge in [0, 0.05) is 12.0 Å². The Morgan fingerprint density at radius 2 is 1.92 bits per heavy atom. The maximum atomic E-state index is 12.1. The number of hydrogen-bond donors (Lipinski definition) is 1. The molecular formula is C21H23ClN2O2. The van der Waals surface area contributed by atoms with Gasteiger partial charge in [-0.05, 0) is 47.7 Å². The Labute approximate surface area is 158 Å². The number of anilines is 1. The fraction of sp³-hybridized carbons (Fsp3) is 0.333. The van der Waals surface area contributed by atoms with E-state index in [0.29, 0.717) is 28.9 Å². The van der Waals surface area contributed by atoms with Crippen LogP contribution in [0.1, 0.15) is 45.6 Å². The van der Waals surface area contributed by atoms with Gasteiger partial charge in [0.25, 0.3) is 0 Å². The zero-order chi connectivity index (χ0) is 18.8. The number of carbonyl (C=O) groups excluding carboxylic acids is 1. The number of nitrogens with one attached hydrogen (secondary N) is 1. The third-order valence-corrected chi connectivity index (χ3v) is 4.49. The molecule has 1 N–H and O–H groups in total. The number of hydrogen-bond acceptors (Lipinski definition) is 3. The van der Waals surface area contributed by atoms with Crippen LogP contribution in [0.15, 0.2) is 40.8 Å². The summed E-state index contributed by atoms with van der Waals surface area (Å²) >= 11 is 6.23. The van der Waals surface area contributed by atoms with Crippen LogP contribution in [-0.2, 0) is 4.79 Å². The Hall–Kier alpha value is -2.33. The minimum absolute atomic E-state index is 0.0572. The normalized spacial score (nSPS) is 11.5. The Morgan fingerprint density at radius 1 is 1.15 bits per heavy atom. The van der Waals surface area contributed by atoms with Crippen LogP contribution >= 0.6 is 11.6 Å². The topological polar surface area (TPSA) is 55.1 Å². The quantitative estimate of drug-likeness (QED) is 0.576. The van der Waals surface area contributed by atoms with Crippen molar-refractivity contribution in [3.63, 3.8) is 0 Å². The first-order valence-electron chi connectivity index (χ1n) is 8.83. The number of rotatable bonds is 5. The number of nitrogens with zero attached hydrogens (tertiary/aromatic N) is 1. The Bertz CT molecular complexity index is 944. The summed E-state index contributed by atoms with van der Waals surface area (Å²) in [5.41, 5.74) is 4.13. The van der Waals surface area contributed by atoms with E-state index in [2.05, 4.69) is 30.2 Å². The van der Waals surface area contributed by atoms with Gasteiger partial charge in [-0.2, -0.15) is 0 Å². The highest BCUT2D eigenvalue weighted by molar-refractivity contribution is 6.33. The molecule has 26 heavy (non-hydrogen) atoms. The van der Waals surface area contributed by atoms with Crippen LogP contribution in [0.5, 0.6) is 0 Å². The van der Waals surface area contributed by atoms with Gasteiger partial charge in [0.15, 0.2) is 5.58 Å². The summed E-state index contributed by atoms with van der Waals surface area (Å²) in [6.45, 7) is 8.30. The fourth-order valence-corrected chi connectivity index (χ4v) is 2.92. The molecule has 0 atom stereocenters. The van der Waals surface area contributed by atoms with E-state index in [0.717, 1.165) is 16.7 Å². The van der Waals surface area contributed by atoms with Crippen molar-refractivity contribution in [3.8, 4) is 11.5 Å². The minimum Gasteiger partial charge on any atom is -0.436 e. The Kier molecular flexibility index (Phi) is 5.33. The number of fused-ring (bicyclic) bond motifs is 1. The predicted octanol–water partition coefficient (Wildman–Crippen LogP) is 6.26. The summed E-state index contributed by atoms with van der Waals surface area (Å²) in [6.07, 6.45) is 0.446. The van der Waals surface area contributed by atoms with Crippen molar-refractivity contribution in [2.24, 2.45) is 5.92 Å². The zero-order valence-corrected chi connectivity index (χ0v) is 16.2. The largest absolute Gasteiger partial charge is 0.436 e. The maximum absolute atomic E-state index is 12.1. The number of carbonyl (C=O) groups is 1. The summed E-state index contributed by atoms with van der Waals surface area (Å²) in [5, 5.41) is 3.36. The van der Waals surface area contributed by atoms with Crippen LogP contribution in [0.25, 0.3) is 22.6 Å². The van der Waals surface area contributed by atoms with E-state index in [4.69, 9.17) is 16.0 Å². The molecule has 0 unspecified atom stereocenters. The predicted molar refractivity (Wildman–Crippen MR) is 107 cm³/mol. The molecule has 0 saturated carbocycles. The smallest absolute Gasteiger partial charge is 0.227 e. The van der Waals surface area contributed by atoms with Crippen LogP contribution in [0.3, 0.4) is 0 Å². The van der Waals surface area contributed by atoms with Gasteiger partial charge in [0.05, 0.1) is 10.7 Å². The van der Waals surface area contributed by atoms with Gasteiger partial charge in [-0.15, -0.1) is 0 Å². The van der Waals surface area contributed by atoms with Crippen LogP contribution in [0.2, 0.25) is 5.02 Å². The second-order valence-electron chi connectivity index (χ2n) is 7.24. The summed E-state index contributed by atoms with van der Waals surface area (Å²) in [6, 6.07) is 11.4. The molecule has 3 rings (SSSR count). The van der Waals surface area contributed by atoms with E-state index in [1.807, 2.05) is 32.0 Å². The first-order valence-corrected chi connectivity index (χ1v) is 9.21. The van der Waals surface area contributed by atoms with Crippen LogP contribution in [0, 0.1) is 5.92 Å². The average molecular weight is 371 g/mol. The summed E-state index contributed by atoms with van der Waals surface area (Å²) in [7, 11) is 0. The highest BCUT2D eigenvalue weighted by Gasteiger charge is 2.13. The molecule has 1 heterocycles. The molecule has 1 amide bonds. The van der Waals surface area contributed by atoms with Crippen LogP contribution in [-0.4, -0.2) is 10.9 Å². The SMILES string of the molecule is CC(C)CC(=O)Nc1cc(-c2nc3cc(C(C)C)ccc3o2)ccc1Cl. The molecule has 4 nitrogen and oxygen atoms in total. The lowest BCUT2D eigenvalue weighted by Gasteiger charge is -2.09. The first kappa shape index (κ1) is 18.5. The zero-order valence-electron chi connectivity index (χ0n) is 15.5. The van der Waals surface area contributed by atoms with Gasteiger partial charge in [-0.1, -0.05) is 45.4 Å². The molecule has 0 fully saturated rings. The molecule has 0 spiro atoms. The number of aromatic nitrogens is 1. The molecule has 0 aliphatic rings. The Morgan fingerprint density at radius 3 is 2.62 bits per heavy atom. The minimum atomic E-state index is -0.0572. The van der Waals surface area contributed by atoms with E-state index in [-0.39, 0.29) is 11.8 Å². The van der Waals surface area contributed by atoms with Crippen LogP contribution in [0.4, 0.5) is 5.69 Å². The average Bonchev–Trinajstić information content (AvgIpc) is 2.99. The molecule has 0 radical (unpaired) electrons. The van der Waals surface area contributed by atoms with Gasteiger partial charge < -0.3 is 9.73 Å². The van der Waals surface area contributed by atoms with Gasteiger partial charge in [0.2, 0.25) is 11.8 Å². The number of benzene rings is 2. The fourth-order valence-electron chi connectivity index (χ4n) is 2.75. The monoisotopic (exact) mass is 370 g/mol. The highest BCUT2D eigenvalue weighted by atomic mass is 35.5. The highest BCUT2D eigenvalue weighted by Crippen LogP contribution is 2.31. The molecule has 5 heteroatoms. The van der Waals surface area contributed by atoms with Crippen molar-refractivity contribution >= 4 is 34.3 Å². The molecule has 0 bridgehead atoms. The lowest BCUT2D eigenvalue weighted by atomic mass is 10.0. The van der Waals surface area contributed by atoms with E-state index in [1.165, 1.54) is 5.56 Å². The summed E-state index contributed by atoms with van der Waals surface area (Å²) in [4.78, 5) is 16.7. The maximum Gasteiger partial charge on any atom is 0.227 e. The molecule has 2 aromatic carbocycles. The van der Waals surface area contributed by atoms with Crippen molar-refractivity contribution < 1.29 is 9.21 Å². The second kappa shape index (κ2) is 7.50. The van der Waals surface area contributed by atoms with Crippen LogP contribution < -0.4 is 5.32 Å². The molecule has 0 aliphatic heterocycles. The van der Waals surface area contributed by atoms with Crippen molar-refractivity contribution in [2.75, 3.05) is 5.32 Å². The summed E-state index contributed by atoms with van der Waals surface area (Å²) in [5.74, 6) is 1.16. The Balaban J connectivity index is 1.93. The molecule has 3 aromatic rings. The van der Waals surface area contributed by atoms with Gasteiger partial charge in [-0.25, -0.2) is 4.98 Å². The van der Waals surface area contributed by atoms with Crippen molar-refractivity contribution in [1.29, 1.82) is 0 Å². The molecule has 0 saturated heterocycles. The lowest BCUT2D eigenvalue weighted by molar-refractivity contribution is -0.116. The standard InChI is InChI=1S/C21H23ClN2O2/c1-12(2)9-20(25)23-17-11-15(5-7-16(17)22)21-24-18-10-14(13(3)4)6-8-19(18)26-21/h5-8,10-13H,9H2,1-4H3,(H,23,25). The van der Waals surface area contributed by atoms with E-state index in [1.54, 1.807) is 12.1 Å². The summed E-state index contributed by atoms with van der Waals surface area (Å²) < 4.78 is 5.89. The lowest BCUT2D eigenvalue weighted by Crippen LogP contribution is -2.14. The number of oxazole rings is 1. The van der Waals surface area contributed by atoms with Crippen molar-refractivity contribution in [2.45, 2.75) is 40.0 Å². The van der Waals surface area contributed by atoms with E-state index < -0.39 is 0 Å². The second-order valence-corrected chi connectivity index (χ2v) is 7.65. The molecular weight excluding hydrogens is 348 g/mol. The number of halogens is 1. The van der Waals surface area contributed by atoms with E-state index in [9.17, 15) is 4.79 Å². The van der Waals surface area contributed by atoms with Crippen molar-refractivity contribution in [1.82, 2.24) is 4.98 Å². The molecule has 136 valence electrons. The van der Waals surface area contributed by atoms with Crippen molar-refractivity contribution in [3.05, 3.63) is 47.0 Å². The number of amides is 1. The third-order valence-electron chi connectivity index (χ3n) is 4.16. The van der Waals surface area contributed by atoms with Gasteiger partial charge >= 0.3 is 0 Å². The molecule has 0 aliphatic carbocycles.